The molecule has 0 amide bonds. The minimum absolute atomic E-state index is 0.223. The number of hydrogen-bond donors (Lipinski definition) is 0. The van der Waals surface area contributed by atoms with E-state index in [9.17, 15) is 0 Å². The Morgan fingerprint density at radius 3 is 2.15 bits per heavy atom. The summed E-state index contributed by atoms with van der Waals surface area (Å²) in [7, 11) is 1.80. The second-order valence-corrected chi connectivity index (χ2v) is 7.64. The summed E-state index contributed by atoms with van der Waals surface area (Å²) in [6, 6.07) is 17.7. The average Bonchev–Trinajstić information content (AvgIpc) is 2.74. The van der Waals surface area contributed by atoms with Crippen molar-refractivity contribution >= 4 is 12.2 Å². The summed E-state index contributed by atoms with van der Waals surface area (Å²) in [4.78, 5) is 0. The van der Waals surface area contributed by atoms with E-state index in [1.807, 2.05) is 6.08 Å². The normalized spacial score (nSPS) is 21.3. The van der Waals surface area contributed by atoms with Gasteiger partial charge in [0.25, 0.3) is 0 Å². The molecule has 1 fully saturated rings. The lowest BCUT2D eigenvalue weighted by Crippen LogP contribution is -2.12. The summed E-state index contributed by atoms with van der Waals surface area (Å²) in [6.45, 7) is 5.98. The Morgan fingerprint density at radius 2 is 1.59 bits per heavy atom. The Bertz CT molecular complexity index is 727. The number of hydrogen-bond acceptors (Lipinski definition) is 1. The maximum Gasteiger partial charge on any atom is 0.0818 e. The highest BCUT2D eigenvalue weighted by Gasteiger charge is 2.21. The van der Waals surface area contributed by atoms with Gasteiger partial charge >= 0.3 is 0 Å². The molecule has 0 spiro atoms. The maximum atomic E-state index is 5.55. The first kappa shape index (κ1) is 19.6. The molecule has 0 bridgehead atoms. The van der Waals surface area contributed by atoms with Gasteiger partial charge in [0.15, 0.2) is 0 Å². The zero-order chi connectivity index (χ0) is 19.1. The van der Waals surface area contributed by atoms with E-state index >= 15 is 0 Å². The second kappa shape index (κ2) is 9.71. The van der Waals surface area contributed by atoms with Gasteiger partial charge in [-0.25, -0.2) is 0 Å². The van der Waals surface area contributed by atoms with Crippen molar-refractivity contribution in [1.82, 2.24) is 0 Å². The van der Waals surface area contributed by atoms with Crippen LogP contribution in [0.1, 0.15) is 73.3 Å². The molecule has 1 aliphatic carbocycles. The van der Waals surface area contributed by atoms with Gasteiger partial charge in [-0.05, 0) is 66.2 Å². The van der Waals surface area contributed by atoms with E-state index in [1.165, 1.54) is 47.9 Å². The van der Waals surface area contributed by atoms with Crippen LogP contribution in [0, 0.1) is 5.92 Å². The molecule has 1 unspecified atom stereocenters. The molecule has 0 heterocycles. The van der Waals surface area contributed by atoms with Gasteiger partial charge in [-0.3, -0.25) is 0 Å². The van der Waals surface area contributed by atoms with Gasteiger partial charge in [0.2, 0.25) is 0 Å². The Morgan fingerprint density at radius 1 is 0.963 bits per heavy atom. The van der Waals surface area contributed by atoms with Gasteiger partial charge in [0.1, 0.15) is 0 Å². The fourth-order valence-corrected chi connectivity index (χ4v) is 4.16. The summed E-state index contributed by atoms with van der Waals surface area (Å²) in [5.74, 6) is 1.41. The number of benzene rings is 2. The molecular weight excluding hydrogens is 328 g/mol. The van der Waals surface area contributed by atoms with E-state index in [0.717, 1.165) is 6.42 Å². The Labute approximate surface area is 164 Å². The van der Waals surface area contributed by atoms with Crippen LogP contribution in [-0.4, -0.2) is 7.11 Å². The van der Waals surface area contributed by atoms with Crippen molar-refractivity contribution in [3.63, 3.8) is 0 Å². The van der Waals surface area contributed by atoms with Gasteiger partial charge in [-0.2, -0.15) is 0 Å². The minimum Gasteiger partial charge on any atom is -0.377 e. The Hall–Kier alpha value is -2.12. The fraction of sp³-hybridized carbons (Fsp3) is 0.385. The molecular formula is C26H32O. The molecule has 3 rings (SSSR count). The number of methoxy groups -OCH3 is 1. The maximum absolute atomic E-state index is 5.55. The molecule has 0 aliphatic heterocycles. The zero-order valence-electron chi connectivity index (χ0n) is 16.7. The average molecular weight is 361 g/mol. The summed E-state index contributed by atoms with van der Waals surface area (Å²) in [5, 5.41) is 0. The summed E-state index contributed by atoms with van der Waals surface area (Å²) < 4.78 is 5.55. The molecule has 0 aromatic heterocycles. The largest absolute Gasteiger partial charge is 0.377 e. The van der Waals surface area contributed by atoms with Gasteiger partial charge in [0, 0.05) is 7.11 Å². The van der Waals surface area contributed by atoms with Crippen LogP contribution >= 0.6 is 0 Å². The second-order valence-electron chi connectivity index (χ2n) is 7.64. The van der Waals surface area contributed by atoms with Crippen molar-refractivity contribution in [3.8, 4) is 0 Å². The van der Waals surface area contributed by atoms with Crippen molar-refractivity contribution in [1.29, 1.82) is 0 Å². The van der Waals surface area contributed by atoms with Crippen LogP contribution < -0.4 is 0 Å². The molecule has 1 heteroatoms. The van der Waals surface area contributed by atoms with Crippen LogP contribution in [0.2, 0.25) is 0 Å². The van der Waals surface area contributed by atoms with Crippen molar-refractivity contribution in [2.45, 2.75) is 51.0 Å². The van der Waals surface area contributed by atoms with E-state index in [4.69, 9.17) is 4.74 Å². The van der Waals surface area contributed by atoms with E-state index in [2.05, 4.69) is 74.2 Å². The third-order valence-electron chi connectivity index (χ3n) is 5.94. The lowest BCUT2D eigenvalue weighted by Gasteiger charge is -2.27. The molecule has 142 valence electrons. The van der Waals surface area contributed by atoms with Gasteiger partial charge in [0.05, 0.1) is 6.10 Å². The monoisotopic (exact) mass is 360 g/mol. The SMILES string of the molecule is C=Cc1ccc(C=C[C@H]2CC[C@H](c3ccc(C(CC)OC)cc3)CC2)cc1. The molecule has 0 N–H and O–H groups in total. The molecule has 1 aliphatic rings. The molecule has 1 nitrogen and oxygen atoms in total. The summed E-state index contributed by atoms with van der Waals surface area (Å²) in [5.41, 5.74) is 5.24. The van der Waals surface area contributed by atoms with Crippen molar-refractivity contribution in [3.05, 3.63) is 83.4 Å². The van der Waals surface area contributed by atoms with Gasteiger partial charge in [-0.1, -0.05) is 80.3 Å². The molecule has 0 radical (unpaired) electrons. The van der Waals surface area contributed by atoms with Crippen LogP contribution in [0.25, 0.3) is 12.2 Å². The first-order valence-electron chi connectivity index (χ1n) is 10.3. The lowest BCUT2D eigenvalue weighted by molar-refractivity contribution is 0.100. The zero-order valence-corrected chi connectivity index (χ0v) is 16.7. The Kier molecular flexibility index (Phi) is 7.06. The van der Waals surface area contributed by atoms with Crippen LogP contribution in [0.4, 0.5) is 0 Å². The van der Waals surface area contributed by atoms with Crippen LogP contribution in [0.3, 0.4) is 0 Å². The van der Waals surface area contributed by atoms with E-state index in [0.29, 0.717) is 11.8 Å². The van der Waals surface area contributed by atoms with Gasteiger partial charge < -0.3 is 4.74 Å². The topological polar surface area (TPSA) is 9.23 Å². The number of rotatable bonds is 7. The first-order valence-corrected chi connectivity index (χ1v) is 10.3. The molecule has 27 heavy (non-hydrogen) atoms. The predicted octanol–water partition coefficient (Wildman–Crippen LogP) is 7.41. The highest BCUT2D eigenvalue weighted by atomic mass is 16.5. The van der Waals surface area contributed by atoms with Crippen molar-refractivity contribution in [2.75, 3.05) is 7.11 Å². The van der Waals surface area contributed by atoms with Crippen molar-refractivity contribution < 1.29 is 4.74 Å². The number of allylic oxidation sites excluding steroid dienone is 1. The highest BCUT2D eigenvalue weighted by molar-refractivity contribution is 5.54. The predicted molar refractivity (Wildman–Crippen MR) is 117 cm³/mol. The van der Waals surface area contributed by atoms with Crippen molar-refractivity contribution in [2.24, 2.45) is 5.92 Å². The first-order chi connectivity index (χ1) is 13.2. The van der Waals surface area contributed by atoms with Crippen LogP contribution in [0.5, 0.6) is 0 Å². The van der Waals surface area contributed by atoms with Crippen LogP contribution in [0.15, 0.2) is 61.2 Å². The molecule has 1 saturated carbocycles. The van der Waals surface area contributed by atoms with E-state index in [1.54, 1.807) is 7.11 Å². The minimum atomic E-state index is 0.223. The standard InChI is InChI=1S/C26H32O/c1-4-20-6-8-21(9-7-20)10-11-22-12-14-23(15-13-22)24-16-18-25(19-17-24)26(5-2)27-3/h4,6-11,16-19,22-23,26H,1,5,12-15H2,2-3H3/t22-,23-,26?. The molecule has 1 atom stereocenters. The molecule has 2 aromatic carbocycles. The summed E-state index contributed by atoms with van der Waals surface area (Å²) >= 11 is 0. The highest BCUT2D eigenvalue weighted by Crippen LogP contribution is 2.37. The Balaban J connectivity index is 1.53. The van der Waals surface area contributed by atoms with E-state index < -0.39 is 0 Å². The molecule has 0 saturated heterocycles. The third-order valence-corrected chi connectivity index (χ3v) is 5.94. The summed E-state index contributed by atoms with van der Waals surface area (Å²) in [6.07, 6.45) is 12.9. The van der Waals surface area contributed by atoms with Crippen LogP contribution in [-0.2, 0) is 4.74 Å². The lowest BCUT2D eigenvalue weighted by atomic mass is 9.78. The molecule has 2 aromatic rings. The number of ether oxygens (including phenoxy) is 1. The van der Waals surface area contributed by atoms with E-state index in [-0.39, 0.29) is 6.10 Å². The fourth-order valence-electron chi connectivity index (χ4n) is 4.16. The van der Waals surface area contributed by atoms with Gasteiger partial charge in [-0.15, -0.1) is 0 Å². The quantitative estimate of drug-likeness (QED) is 0.499. The smallest absolute Gasteiger partial charge is 0.0818 e. The third kappa shape index (κ3) is 5.20.